The summed E-state index contributed by atoms with van der Waals surface area (Å²) in [6.45, 7) is 3.23. The zero-order chi connectivity index (χ0) is 16.9. The maximum atomic E-state index is 12.6. The van der Waals surface area contributed by atoms with E-state index in [9.17, 15) is 9.59 Å². The Kier molecular flexibility index (Phi) is 5.30. The van der Waals surface area contributed by atoms with Gasteiger partial charge in [0.05, 0.1) is 16.8 Å². The van der Waals surface area contributed by atoms with Gasteiger partial charge in [0.15, 0.2) is 0 Å². The summed E-state index contributed by atoms with van der Waals surface area (Å²) >= 11 is 1.45. The molecule has 0 saturated carbocycles. The van der Waals surface area contributed by atoms with Crippen LogP contribution < -0.4 is 5.32 Å². The molecule has 1 fully saturated rings. The van der Waals surface area contributed by atoms with Crippen molar-refractivity contribution in [2.75, 3.05) is 13.1 Å². The van der Waals surface area contributed by atoms with Crippen molar-refractivity contribution in [3.05, 3.63) is 58.3 Å². The standard InChI is InChI=1S/C19H22N2O2S/c1-14(15-7-3-2-4-8-15)20-18(22)16-9-5-11-21(13-16)19(23)17-10-6-12-24-17/h2-4,6-8,10,12,14,16H,5,9,11,13H2,1H3,(H,20,22)/t14-,16-/m0/s1. The van der Waals surface area contributed by atoms with Crippen LogP contribution in [0.4, 0.5) is 0 Å². The number of hydrogen-bond donors (Lipinski definition) is 1. The number of thiophene rings is 1. The van der Waals surface area contributed by atoms with Crippen LogP contribution in [0.1, 0.15) is 41.0 Å². The van der Waals surface area contributed by atoms with Crippen molar-refractivity contribution in [3.63, 3.8) is 0 Å². The van der Waals surface area contributed by atoms with E-state index in [2.05, 4.69) is 5.32 Å². The lowest BCUT2D eigenvalue weighted by Gasteiger charge is -2.32. The van der Waals surface area contributed by atoms with Gasteiger partial charge in [0.2, 0.25) is 5.91 Å². The van der Waals surface area contributed by atoms with Gasteiger partial charge in [0.25, 0.3) is 5.91 Å². The van der Waals surface area contributed by atoms with Crippen LogP contribution in [0.2, 0.25) is 0 Å². The average molecular weight is 342 g/mol. The molecule has 0 unspecified atom stereocenters. The number of nitrogens with zero attached hydrogens (tertiary/aromatic N) is 1. The number of carbonyl (C=O) groups excluding carboxylic acids is 2. The molecule has 24 heavy (non-hydrogen) atoms. The van der Waals surface area contributed by atoms with Crippen molar-refractivity contribution >= 4 is 23.2 Å². The molecular weight excluding hydrogens is 320 g/mol. The first kappa shape index (κ1) is 16.7. The molecule has 1 aromatic carbocycles. The molecule has 2 atom stereocenters. The third kappa shape index (κ3) is 3.85. The largest absolute Gasteiger partial charge is 0.349 e. The molecule has 2 amide bonds. The molecule has 0 radical (unpaired) electrons. The lowest BCUT2D eigenvalue weighted by molar-refractivity contribution is -0.127. The molecule has 1 saturated heterocycles. The van der Waals surface area contributed by atoms with Crippen LogP contribution in [0.25, 0.3) is 0 Å². The molecule has 0 aliphatic carbocycles. The molecule has 2 heterocycles. The van der Waals surface area contributed by atoms with Crippen molar-refractivity contribution in [1.82, 2.24) is 10.2 Å². The topological polar surface area (TPSA) is 49.4 Å². The Hall–Kier alpha value is -2.14. The molecule has 3 rings (SSSR count). The fraction of sp³-hybridized carbons (Fsp3) is 0.368. The van der Waals surface area contributed by atoms with Crippen LogP contribution in [0.5, 0.6) is 0 Å². The highest BCUT2D eigenvalue weighted by Gasteiger charge is 2.29. The fourth-order valence-corrected chi connectivity index (χ4v) is 3.78. The van der Waals surface area contributed by atoms with Gasteiger partial charge < -0.3 is 10.2 Å². The summed E-state index contributed by atoms with van der Waals surface area (Å²) in [6, 6.07) is 13.6. The molecule has 2 aromatic rings. The van der Waals surface area contributed by atoms with Gasteiger partial charge in [-0.3, -0.25) is 9.59 Å². The average Bonchev–Trinajstić information content (AvgIpc) is 3.16. The highest BCUT2D eigenvalue weighted by atomic mass is 32.1. The fourth-order valence-electron chi connectivity index (χ4n) is 3.09. The van der Waals surface area contributed by atoms with Crippen LogP contribution in [0.3, 0.4) is 0 Å². The molecule has 1 aliphatic rings. The molecule has 126 valence electrons. The summed E-state index contributed by atoms with van der Waals surface area (Å²) in [4.78, 5) is 27.6. The van der Waals surface area contributed by atoms with Crippen LogP contribution in [-0.4, -0.2) is 29.8 Å². The molecule has 5 heteroatoms. The van der Waals surface area contributed by atoms with Crippen molar-refractivity contribution in [1.29, 1.82) is 0 Å². The lowest BCUT2D eigenvalue weighted by atomic mass is 9.96. The normalized spacial score (nSPS) is 18.9. The summed E-state index contributed by atoms with van der Waals surface area (Å²) < 4.78 is 0. The van der Waals surface area contributed by atoms with E-state index >= 15 is 0 Å². The first-order valence-corrected chi connectivity index (χ1v) is 9.21. The summed E-state index contributed by atoms with van der Waals surface area (Å²) in [6.07, 6.45) is 1.70. The zero-order valence-electron chi connectivity index (χ0n) is 13.8. The molecule has 4 nitrogen and oxygen atoms in total. The second-order valence-electron chi connectivity index (χ2n) is 6.21. The van der Waals surface area contributed by atoms with E-state index in [1.807, 2.05) is 59.7 Å². The zero-order valence-corrected chi connectivity index (χ0v) is 14.6. The summed E-state index contributed by atoms with van der Waals surface area (Å²) in [5, 5.41) is 4.99. The van der Waals surface area contributed by atoms with Crippen LogP contribution in [0, 0.1) is 5.92 Å². The highest BCUT2D eigenvalue weighted by molar-refractivity contribution is 7.12. The van der Waals surface area contributed by atoms with E-state index in [0.717, 1.165) is 29.8 Å². The molecule has 0 bridgehead atoms. The van der Waals surface area contributed by atoms with Crippen molar-refractivity contribution in [3.8, 4) is 0 Å². The predicted octanol–water partition coefficient (Wildman–Crippen LogP) is 3.48. The third-order valence-electron chi connectivity index (χ3n) is 4.47. The number of carbonyl (C=O) groups is 2. The Labute approximate surface area is 146 Å². The Balaban J connectivity index is 1.60. The van der Waals surface area contributed by atoms with Gasteiger partial charge in [-0.05, 0) is 36.8 Å². The quantitative estimate of drug-likeness (QED) is 0.925. The third-order valence-corrected chi connectivity index (χ3v) is 5.33. The lowest BCUT2D eigenvalue weighted by Crippen LogP contribution is -2.45. The minimum absolute atomic E-state index is 0.0259. The van der Waals surface area contributed by atoms with E-state index in [4.69, 9.17) is 0 Å². The van der Waals surface area contributed by atoms with E-state index in [1.165, 1.54) is 11.3 Å². The van der Waals surface area contributed by atoms with Crippen molar-refractivity contribution < 1.29 is 9.59 Å². The Morgan fingerprint density at radius 2 is 2.00 bits per heavy atom. The first-order chi connectivity index (χ1) is 11.6. The highest BCUT2D eigenvalue weighted by Crippen LogP contribution is 2.22. The molecule has 1 aromatic heterocycles. The van der Waals surface area contributed by atoms with E-state index in [0.29, 0.717) is 6.54 Å². The first-order valence-electron chi connectivity index (χ1n) is 8.33. The molecule has 1 N–H and O–H groups in total. The van der Waals surface area contributed by atoms with Crippen LogP contribution in [-0.2, 0) is 4.79 Å². The summed E-state index contributed by atoms with van der Waals surface area (Å²) in [5.41, 5.74) is 1.09. The summed E-state index contributed by atoms with van der Waals surface area (Å²) in [7, 11) is 0. The minimum atomic E-state index is -0.131. The van der Waals surface area contributed by atoms with Gasteiger partial charge in [0, 0.05) is 13.1 Å². The van der Waals surface area contributed by atoms with Gasteiger partial charge in [-0.2, -0.15) is 0 Å². The van der Waals surface area contributed by atoms with Gasteiger partial charge >= 0.3 is 0 Å². The van der Waals surface area contributed by atoms with Crippen LogP contribution >= 0.6 is 11.3 Å². The predicted molar refractivity (Wildman–Crippen MR) is 95.9 cm³/mol. The van der Waals surface area contributed by atoms with E-state index in [1.54, 1.807) is 0 Å². The number of amides is 2. The maximum absolute atomic E-state index is 12.6. The SMILES string of the molecule is C[C@H](NC(=O)[C@H]1CCCN(C(=O)c2cccs2)C1)c1ccccc1. The van der Waals surface area contributed by atoms with Gasteiger partial charge in [-0.15, -0.1) is 11.3 Å². The number of nitrogens with one attached hydrogen (secondary N) is 1. The minimum Gasteiger partial charge on any atom is -0.349 e. The Morgan fingerprint density at radius 3 is 2.71 bits per heavy atom. The number of benzene rings is 1. The second-order valence-corrected chi connectivity index (χ2v) is 7.16. The van der Waals surface area contributed by atoms with Crippen LogP contribution in [0.15, 0.2) is 47.8 Å². The van der Waals surface area contributed by atoms with E-state index < -0.39 is 0 Å². The van der Waals surface area contributed by atoms with Crippen molar-refractivity contribution in [2.24, 2.45) is 5.92 Å². The molecule has 0 spiro atoms. The van der Waals surface area contributed by atoms with E-state index in [-0.39, 0.29) is 23.8 Å². The number of rotatable bonds is 4. The number of piperidine rings is 1. The van der Waals surface area contributed by atoms with Gasteiger partial charge in [0.1, 0.15) is 0 Å². The second kappa shape index (κ2) is 7.62. The van der Waals surface area contributed by atoms with Gasteiger partial charge in [-0.1, -0.05) is 36.4 Å². The van der Waals surface area contributed by atoms with Gasteiger partial charge in [-0.25, -0.2) is 0 Å². The van der Waals surface area contributed by atoms with Crippen molar-refractivity contribution in [2.45, 2.75) is 25.8 Å². The smallest absolute Gasteiger partial charge is 0.263 e. The number of hydrogen-bond acceptors (Lipinski definition) is 3. The maximum Gasteiger partial charge on any atom is 0.263 e. The summed E-state index contributed by atoms with van der Waals surface area (Å²) in [5.74, 6) is -0.0533. The molecular formula is C19H22N2O2S. The molecule has 1 aliphatic heterocycles. The Bertz CT molecular complexity index is 685. The monoisotopic (exact) mass is 342 g/mol. The Morgan fingerprint density at radius 1 is 1.21 bits per heavy atom. The number of likely N-dealkylation sites (tertiary alicyclic amines) is 1.